The van der Waals surface area contributed by atoms with Crippen molar-refractivity contribution in [1.82, 2.24) is 14.7 Å². The summed E-state index contributed by atoms with van der Waals surface area (Å²) in [6.45, 7) is 2.26. The van der Waals surface area contributed by atoms with Crippen LogP contribution >= 0.6 is 11.3 Å². The standard InChI is InChI=1S/C15H15N3O2S2/c1-11(15-18-13-6-2-3-7-14(13)21-15)9-17-22(19,20)12-5-4-8-16-10-12/h2-8,10-11,17H,9H2,1H3/t11-/m0/s1. The van der Waals surface area contributed by atoms with Gasteiger partial charge in [0.1, 0.15) is 4.90 Å². The molecule has 0 radical (unpaired) electrons. The lowest BCUT2D eigenvalue weighted by Crippen LogP contribution is -2.27. The van der Waals surface area contributed by atoms with Crippen molar-refractivity contribution in [3.63, 3.8) is 0 Å². The number of aromatic nitrogens is 2. The Labute approximate surface area is 133 Å². The van der Waals surface area contributed by atoms with Crippen LogP contribution in [-0.2, 0) is 10.0 Å². The fraction of sp³-hybridized carbons (Fsp3) is 0.200. The monoisotopic (exact) mass is 333 g/mol. The van der Waals surface area contributed by atoms with E-state index >= 15 is 0 Å². The number of para-hydroxylation sites is 1. The van der Waals surface area contributed by atoms with Crippen molar-refractivity contribution in [3.8, 4) is 0 Å². The van der Waals surface area contributed by atoms with Gasteiger partial charge in [0.2, 0.25) is 10.0 Å². The molecule has 5 nitrogen and oxygen atoms in total. The summed E-state index contributed by atoms with van der Waals surface area (Å²) in [5.41, 5.74) is 0.949. The van der Waals surface area contributed by atoms with Crippen LogP contribution in [0.1, 0.15) is 17.8 Å². The van der Waals surface area contributed by atoms with Gasteiger partial charge in [-0.3, -0.25) is 4.98 Å². The Bertz CT molecular complexity index is 843. The number of nitrogens with one attached hydrogen (secondary N) is 1. The highest BCUT2D eigenvalue weighted by Crippen LogP contribution is 2.27. The maximum absolute atomic E-state index is 12.2. The molecule has 2 heterocycles. The van der Waals surface area contributed by atoms with Crippen LogP contribution in [0.4, 0.5) is 0 Å². The molecule has 0 aliphatic carbocycles. The Balaban J connectivity index is 1.73. The minimum Gasteiger partial charge on any atom is -0.263 e. The molecule has 0 saturated carbocycles. The molecule has 2 aromatic heterocycles. The molecule has 3 aromatic rings. The molecule has 0 aliphatic heterocycles. The molecule has 7 heteroatoms. The third-order valence-corrected chi connectivity index (χ3v) is 5.93. The van der Waals surface area contributed by atoms with Gasteiger partial charge in [-0.2, -0.15) is 0 Å². The van der Waals surface area contributed by atoms with E-state index in [1.54, 1.807) is 23.6 Å². The second-order valence-electron chi connectivity index (χ2n) is 4.96. The number of benzene rings is 1. The lowest BCUT2D eigenvalue weighted by molar-refractivity contribution is 0.574. The zero-order chi connectivity index (χ0) is 15.6. The Hall–Kier alpha value is -1.83. The van der Waals surface area contributed by atoms with E-state index in [4.69, 9.17) is 0 Å². The van der Waals surface area contributed by atoms with Gasteiger partial charge in [-0.1, -0.05) is 19.1 Å². The zero-order valence-electron chi connectivity index (χ0n) is 11.9. The van der Waals surface area contributed by atoms with E-state index < -0.39 is 10.0 Å². The van der Waals surface area contributed by atoms with Crippen LogP contribution in [0, 0.1) is 0 Å². The van der Waals surface area contributed by atoms with Gasteiger partial charge < -0.3 is 0 Å². The van der Waals surface area contributed by atoms with E-state index in [1.807, 2.05) is 31.2 Å². The highest BCUT2D eigenvalue weighted by molar-refractivity contribution is 7.89. The lowest BCUT2D eigenvalue weighted by atomic mass is 10.2. The minimum absolute atomic E-state index is 0.00356. The van der Waals surface area contributed by atoms with Gasteiger partial charge in [0.05, 0.1) is 15.2 Å². The molecule has 22 heavy (non-hydrogen) atoms. The highest BCUT2D eigenvalue weighted by Gasteiger charge is 2.17. The van der Waals surface area contributed by atoms with Crippen LogP contribution in [0.5, 0.6) is 0 Å². The first-order valence-corrected chi connectivity index (χ1v) is 9.11. The normalized spacial score (nSPS) is 13.3. The minimum atomic E-state index is -3.53. The van der Waals surface area contributed by atoms with Crippen LogP contribution in [-0.4, -0.2) is 24.9 Å². The fourth-order valence-electron chi connectivity index (χ4n) is 2.01. The quantitative estimate of drug-likeness (QED) is 0.779. The van der Waals surface area contributed by atoms with Crippen molar-refractivity contribution < 1.29 is 8.42 Å². The van der Waals surface area contributed by atoms with Crippen LogP contribution in [0.3, 0.4) is 0 Å². The van der Waals surface area contributed by atoms with E-state index in [2.05, 4.69) is 14.7 Å². The summed E-state index contributed by atoms with van der Waals surface area (Å²) < 4.78 is 28.1. The molecule has 114 valence electrons. The van der Waals surface area contributed by atoms with E-state index in [0.717, 1.165) is 15.2 Å². The summed E-state index contributed by atoms with van der Waals surface area (Å²) in [4.78, 5) is 8.57. The molecule has 1 N–H and O–H groups in total. The first-order valence-electron chi connectivity index (χ1n) is 6.81. The average Bonchev–Trinajstić information content (AvgIpc) is 2.98. The van der Waals surface area contributed by atoms with Crippen molar-refractivity contribution >= 4 is 31.6 Å². The number of hydrogen-bond acceptors (Lipinski definition) is 5. The number of nitrogens with zero attached hydrogens (tertiary/aromatic N) is 2. The van der Waals surface area contributed by atoms with E-state index in [-0.39, 0.29) is 10.8 Å². The van der Waals surface area contributed by atoms with Gasteiger partial charge in [-0.15, -0.1) is 11.3 Å². The Kier molecular flexibility index (Phi) is 4.19. The predicted octanol–water partition coefficient (Wildman–Crippen LogP) is 2.77. The molecule has 3 rings (SSSR count). The largest absolute Gasteiger partial charge is 0.263 e. The summed E-state index contributed by atoms with van der Waals surface area (Å²) in [5, 5.41) is 0.926. The molecule has 0 unspecified atom stereocenters. The van der Waals surface area contributed by atoms with Crippen molar-refractivity contribution in [2.75, 3.05) is 6.54 Å². The smallest absolute Gasteiger partial charge is 0.242 e. The molecule has 0 saturated heterocycles. The summed E-state index contributed by atoms with van der Waals surface area (Å²) >= 11 is 1.59. The van der Waals surface area contributed by atoms with Crippen molar-refractivity contribution in [2.24, 2.45) is 0 Å². The van der Waals surface area contributed by atoms with Crippen LogP contribution in [0.2, 0.25) is 0 Å². The predicted molar refractivity (Wildman–Crippen MR) is 87.5 cm³/mol. The molecule has 0 aliphatic rings. The van der Waals surface area contributed by atoms with Crippen molar-refractivity contribution in [3.05, 3.63) is 53.8 Å². The first-order chi connectivity index (χ1) is 10.6. The molecule has 1 aromatic carbocycles. The van der Waals surface area contributed by atoms with Gasteiger partial charge in [0, 0.05) is 24.9 Å². The fourth-order valence-corrected chi connectivity index (χ4v) is 4.12. The van der Waals surface area contributed by atoms with Crippen molar-refractivity contribution in [1.29, 1.82) is 0 Å². The molecular formula is C15H15N3O2S2. The van der Waals surface area contributed by atoms with Crippen LogP contribution in [0.25, 0.3) is 10.2 Å². The van der Waals surface area contributed by atoms with Gasteiger partial charge in [-0.25, -0.2) is 18.1 Å². The topological polar surface area (TPSA) is 72.0 Å². The third-order valence-electron chi connectivity index (χ3n) is 3.26. The SMILES string of the molecule is C[C@@H](CNS(=O)(=O)c1cccnc1)c1nc2ccccc2s1. The van der Waals surface area contributed by atoms with E-state index in [1.165, 1.54) is 12.3 Å². The number of rotatable bonds is 5. The van der Waals surface area contributed by atoms with Crippen LogP contribution in [0.15, 0.2) is 53.7 Å². The molecule has 0 amide bonds. The second-order valence-corrected chi connectivity index (χ2v) is 7.79. The maximum Gasteiger partial charge on any atom is 0.242 e. The average molecular weight is 333 g/mol. The van der Waals surface area contributed by atoms with Gasteiger partial charge in [0.15, 0.2) is 0 Å². The van der Waals surface area contributed by atoms with Crippen molar-refractivity contribution in [2.45, 2.75) is 17.7 Å². The summed E-state index contributed by atoms with van der Waals surface area (Å²) in [6.07, 6.45) is 2.88. The first kappa shape index (κ1) is 15.1. The molecule has 0 spiro atoms. The highest BCUT2D eigenvalue weighted by atomic mass is 32.2. The number of thiazole rings is 1. The summed E-state index contributed by atoms with van der Waals surface area (Å²) in [6, 6.07) is 11.0. The van der Waals surface area contributed by atoms with Crippen LogP contribution < -0.4 is 4.72 Å². The second kappa shape index (κ2) is 6.12. The lowest BCUT2D eigenvalue weighted by Gasteiger charge is -2.10. The Morgan fingerprint density at radius 3 is 2.77 bits per heavy atom. The van der Waals surface area contributed by atoms with E-state index in [9.17, 15) is 8.42 Å². The molecule has 0 fully saturated rings. The van der Waals surface area contributed by atoms with E-state index in [0.29, 0.717) is 6.54 Å². The zero-order valence-corrected chi connectivity index (χ0v) is 13.6. The Morgan fingerprint density at radius 2 is 2.05 bits per heavy atom. The molecule has 0 bridgehead atoms. The van der Waals surface area contributed by atoms with Gasteiger partial charge >= 0.3 is 0 Å². The number of hydrogen-bond donors (Lipinski definition) is 1. The third kappa shape index (κ3) is 3.16. The van der Waals surface area contributed by atoms with Gasteiger partial charge in [-0.05, 0) is 24.3 Å². The summed E-state index contributed by atoms with van der Waals surface area (Å²) in [5.74, 6) is 0.00356. The number of fused-ring (bicyclic) bond motifs is 1. The Morgan fingerprint density at radius 1 is 1.23 bits per heavy atom. The number of pyridine rings is 1. The molecular weight excluding hydrogens is 318 g/mol. The number of sulfonamides is 1. The maximum atomic E-state index is 12.2. The molecule has 1 atom stereocenters. The summed E-state index contributed by atoms with van der Waals surface area (Å²) in [7, 11) is -3.53. The van der Waals surface area contributed by atoms with Gasteiger partial charge in [0.25, 0.3) is 0 Å².